The molecule has 0 radical (unpaired) electrons. The zero-order chi connectivity index (χ0) is 8.69. The largest absolute Gasteiger partial charge is 0.393 e. The molecule has 1 heteroatoms. The average Bonchev–Trinajstić information content (AvgIpc) is 2.04. The van der Waals surface area contributed by atoms with Gasteiger partial charge in [-0.05, 0) is 25.2 Å². The van der Waals surface area contributed by atoms with Crippen molar-refractivity contribution in [1.82, 2.24) is 0 Å². The minimum atomic E-state index is -0.0907. The molecule has 0 saturated carbocycles. The summed E-state index contributed by atoms with van der Waals surface area (Å²) in [7, 11) is 0. The van der Waals surface area contributed by atoms with Crippen LogP contribution in [0.3, 0.4) is 0 Å². The average molecular weight is 156 g/mol. The molecule has 1 N–H and O–H groups in total. The molecule has 0 fully saturated rings. The van der Waals surface area contributed by atoms with Crippen molar-refractivity contribution < 1.29 is 5.11 Å². The summed E-state index contributed by atoms with van der Waals surface area (Å²) in [4.78, 5) is 0. The molecule has 0 aromatic carbocycles. The van der Waals surface area contributed by atoms with Crippen LogP contribution in [0.4, 0.5) is 0 Å². The minimum Gasteiger partial charge on any atom is -0.393 e. The van der Waals surface area contributed by atoms with E-state index in [1.165, 1.54) is 0 Å². The van der Waals surface area contributed by atoms with E-state index in [1.807, 2.05) is 13.0 Å². The van der Waals surface area contributed by atoms with E-state index in [0.717, 1.165) is 25.7 Å². The summed E-state index contributed by atoms with van der Waals surface area (Å²) in [6.07, 6.45) is 5.96. The first-order chi connectivity index (χ1) is 5.20. The minimum absolute atomic E-state index is 0.0907. The molecule has 0 saturated heterocycles. The van der Waals surface area contributed by atoms with Crippen molar-refractivity contribution >= 4 is 0 Å². The van der Waals surface area contributed by atoms with Gasteiger partial charge >= 0.3 is 0 Å². The molecule has 11 heavy (non-hydrogen) atoms. The second kappa shape index (κ2) is 6.41. The second-order valence-corrected chi connectivity index (χ2v) is 3.21. The topological polar surface area (TPSA) is 20.2 Å². The molecule has 0 bridgehead atoms. The standard InChI is InChI=1S/C10H20O/c1-4-9(3)7-6-8-10(11)5-2/h4,9-11H,1,5-8H2,2-3H3. The lowest BCUT2D eigenvalue weighted by Crippen LogP contribution is -2.04. The second-order valence-electron chi connectivity index (χ2n) is 3.21. The summed E-state index contributed by atoms with van der Waals surface area (Å²) < 4.78 is 0. The van der Waals surface area contributed by atoms with Crippen LogP contribution >= 0.6 is 0 Å². The molecule has 0 rings (SSSR count). The molecule has 0 aliphatic heterocycles. The van der Waals surface area contributed by atoms with E-state index in [9.17, 15) is 5.11 Å². The van der Waals surface area contributed by atoms with Crippen LogP contribution < -0.4 is 0 Å². The van der Waals surface area contributed by atoms with Gasteiger partial charge in [0.1, 0.15) is 0 Å². The van der Waals surface area contributed by atoms with Gasteiger partial charge in [0.2, 0.25) is 0 Å². The SMILES string of the molecule is C=CC(C)CCCC(O)CC. The van der Waals surface area contributed by atoms with Gasteiger partial charge in [-0.2, -0.15) is 0 Å². The van der Waals surface area contributed by atoms with Crippen LogP contribution in [0.5, 0.6) is 0 Å². The Kier molecular flexibility index (Phi) is 6.24. The number of allylic oxidation sites excluding steroid dienone is 1. The molecule has 0 aromatic rings. The van der Waals surface area contributed by atoms with Crippen LogP contribution in [0.1, 0.15) is 39.5 Å². The summed E-state index contributed by atoms with van der Waals surface area (Å²) >= 11 is 0. The maximum atomic E-state index is 9.22. The van der Waals surface area contributed by atoms with Gasteiger partial charge in [0, 0.05) is 0 Å². The van der Waals surface area contributed by atoms with Crippen LogP contribution in [0.2, 0.25) is 0 Å². The van der Waals surface area contributed by atoms with Crippen molar-refractivity contribution in [2.45, 2.75) is 45.6 Å². The van der Waals surface area contributed by atoms with E-state index in [-0.39, 0.29) is 6.10 Å². The third kappa shape index (κ3) is 6.11. The summed E-state index contributed by atoms with van der Waals surface area (Å²) in [5, 5.41) is 9.22. The van der Waals surface area contributed by atoms with Gasteiger partial charge in [0.15, 0.2) is 0 Å². The fraction of sp³-hybridized carbons (Fsp3) is 0.800. The van der Waals surface area contributed by atoms with Gasteiger partial charge in [0.25, 0.3) is 0 Å². The fourth-order valence-corrected chi connectivity index (χ4v) is 0.997. The highest BCUT2D eigenvalue weighted by Crippen LogP contribution is 2.10. The Morgan fingerprint density at radius 3 is 2.55 bits per heavy atom. The van der Waals surface area contributed by atoms with E-state index in [2.05, 4.69) is 13.5 Å². The van der Waals surface area contributed by atoms with Crippen LogP contribution in [0.15, 0.2) is 12.7 Å². The first-order valence-corrected chi connectivity index (χ1v) is 4.51. The first kappa shape index (κ1) is 10.7. The Labute approximate surface area is 70.1 Å². The van der Waals surface area contributed by atoms with Crippen molar-refractivity contribution in [3.8, 4) is 0 Å². The molecule has 2 atom stereocenters. The zero-order valence-electron chi connectivity index (χ0n) is 7.71. The van der Waals surface area contributed by atoms with Crippen LogP contribution in [0.25, 0.3) is 0 Å². The van der Waals surface area contributed by atoms with Crippen LogP contribution in [-0.4, -0.2) is 11.2 Å². The molecule has 0 spiro atoms. The lowest BCUT2D eigenvalue weighted by molar-refractivity contribution is 0.155. The van der Waals surface area contributed by atoms with Crippen molar-refractivity contribution in [3.63, 3.8) is 0 Å². The number of hydrogen-bond donors (Lipinski definition) is 1. The monoisotopic (exact) mass is 156 g/mol. The Morgan fingerprint density at radius 1 is 1.45 bits per heavy atom. The molecule has 0 aliphatic carbocycles. The smallest absolute Gasteiger partial charge is 0.0537 e. The predicted octanol–water partition coefficient (Wildman–Crippen LogP) is 2.75. The predicted molar refractivity (Wildman–Crippen MR) is 49.5 cm³/mol. The van der Waals surface area contributed by atoms with Gasteiger partial charge < -0.3 is 5.11 Å². The molecular formula is C10H20O. The van der Waals surface area contributed by atoms with E-state index >= 15 is 0 Å². The molecule has 66 valence electrons. The molecule has 1 nitrogen and oxygen atoms in total. The normalized spacial score (nSPS) is 15.9. The molecule has 0 aromatic heterocycles. The molecule has 2 unspecified atom stereocenters. The molecule has 0 aliphatic rings. The highest BCUT2D eigenvalue weighted by atomic mass is 16.3. The Bertz CT molecular complexity index is 99.0. The fourth-order valence-electron chi connectivity index (χ4n) is 0.997. The lowest BCUT2D eigenvalue weighted by atomic mass is 10.0. The van der Waals surface area contributed by atoms with Crippen LogP contribution in [0, 0.1) is 5.92 Å². The van der Waals surface area contributed by atoms with Crippen molar-refractivity contribution in [1.29, 1.82) is 0 Å². The third-order valence-electron chi connectivity index (χ3n) is 2.07. The zero-order valence-corrected chi connectivity index (χ0v) is 7.71. The number of rotatable bonds is 6. The summed E-state index contributed by atoms with van der Waals surface area (Å²) in [5.41, 5.74) is 0. The van der Waals surface area contributed by atoms with E-state index in [4.69, 9.17) is 0 Å². The van der Waals surface area contributed by atoms with Crippen molar-refractivity contribution in [2.24, 2.45) is 5.92 Å². The van der Waals surface area contributed by atoms with Gasteiger partial charge in [-0.25, -0.2) is 0 Å². The number of aliphatic hydroxyl groups is 1. The Morgan fingerprint density at radius 2 is 2.09 bits per heavy atom. The van der Waals surface area contributed by atoms with Crippen LogP contribution in [-0.2, 0) is 0 Å². The highest BCUT2D eigenvalue weighted by Gasteiger charge is 2.01. The first-order valence-electron chi connectivity index (χ1n) is 4.51. The quantitative estimate of drug-likeness (QED) is 0.586. The van der Waals surface area contributed by atoms with E-state index in [0.29, 0.717) is 5.92 Å². The van der Waals surface area contributed by atoms with Gasteiger partial charge in [0.05, 0.1) is 6.10 Å². The summed E-state index contributed by atoms with van der Waals surface area (Å²) in [6, 6.07) is 0. The summed E-state index contributed by atoms with van der Waals surface area (Å²) in [5.74, 6) is 0.596. The highest BCUT2D eigenvalue weighted by molar-refractivity contribution is 4.74. The molecular weight excluding hydrogens is 136 g/mol. The Hall–Kier alpha value is -0.300. The third-order valence-corrected chi connectivity index (χ3v) is 2.07. The van der Waals surface area contributed by atoms with E-state index < -0.39 is 0 Å². The van der Waals surface area contributed by atoms with Gasteiger partial charge in [-0.15, -0.1) is 6.58 Å². The maximum Gasteiger partial charge on any atom is 0.0537 e. The van der Waals surface area contributed by atoms with Gasteiger partial charge in [-0.3, -0.25) is 0 Å². The molecule has 0 amide bonds. The number of hydrogen-bond acceptors (Lipinski definition) is 1. The van der Waals surface area contributed by atoms with E-state index in [1.54, 1.807) is 0 Å². The van der Waals surface area contributed by atoms with Crippen molar-refractivity contribution in [3.05, 3.63) is 12.7 Å². The maximum absolute atomic E-state index is 9.22. The van der Waals surface area contributed by atoms with Crippen molar-refractivity contribution in [2.75, 3.05) is 0 Å². The lowest BCUT2D eigenvalue weighted by Gasteiger charge is -2.08. The number of aliphatic hydroxyl groups excluding tert-OH is 1. The van der Waals surface area contributed by atoms with Gasteiger partial charge in [-0.1, -0.05) is 26.3 Å². The Balaban J connectivity index is 3.19. The summed E-state index contributed by atoms with van der Waals surface area (Å²) in [6.45, 7) is 7.89. The molecule has 0 heterocycles.